The lowest BCUT2D eigenvalue weighted by Crippen LogP contribution is -2.30. The fraction of sp³-hybridized carbons (Fsp3) is 0.533. The quantitative estimate of drug-likeness (QED) is 0.682. The fourth-order valence-corrected chi connectivity index (χ4v) is 3.31. The van der Waals surface area contributed by atoms with Gasteiger partial charge in [-0.1, -0.05) is 15.9 Å². The number of Topliss-reactive ketones (excluding diaryl/α,β-unsaturated/α-hetero) is 1. The molecule has 0 amide bonds. The Morgan fingerprint density at radius 1 is 1.14 bits per heavy atom. The number of benzene rings is 1. The summed E-state index contributed by atoms with van der Waals surface area (Å²) in [5, 5.41) is 0. The highest BCUT2D eigenvalue weighted by Crippen LogP contribution is 2.40. The fourth-order valence-electron chi connectivity index (χ4n) is 2.80. The number of carbonyl (C=O) groups excluding carboxylic acids is 1. The van der Waals surface area contributed by atoms with Crippen LogP contribution in [0.4, 0.5) is 17.6 Å². The topological polar surface area (TPSA) is 17.1 Å². The molecule has 1 aromatic carbocycles. The maximum atomic E-state index is 13.2. The van der Waals surface area contributed by atoms with Gasteiger partial charge in [0.2, 0.25) is 0 Å². The Balaban J connectivity index is 1.93. The van der Waals surface area contributed by atoms with Crippen molar-refractivity contribution in [3.8, 4) is 0 Å². The molecule has 0 aromatic heterocycles. The van der Waals surface area contributed by atoms with E-state index in [1.807, 2.05) is 0 Å². The van der Waals surface area contributed by atoms with Gasteiger partial charge < -0.3 is 0 Å². The molecule has 6 heteroatoms. The Morgan fingerprint density at radius 3 is 2.29 bits per heavy atom. The molecular weight excluding hydrogens is 352 g/mol. The number of hydrogen-bond acceptors (Lipinski definition) is 1. The van der Waals surface area contributed by atoms with Gasteiger partial charge >= 0.3 is 6.18 Å². The van der Waals surface area contributed by atoms with Crippen LogP contribution in [0.15, 0.2) is 22.7 Å². The standard InChI is InChI=1S/C15H15BrF4O/c16-12-5-9(6-13(17)8-12)7-14(21)10-1-3-11(4-2-10)15(18,19)20/h5-6,8,10-11H,1-4,7H2. The van der Waals surface area contributed by atoms with Gasteiger partial charge in [0.05, 0.1) is 5.92 Å². The molecule has 1 aromatic rings. The van der Waals surface area contributed by atoms with Crippen molar-refractivity contribution in [3.05, 3.63) is 34.1 Å². The first-order chi connectivity index (χ1) is 9.75. The summed E-state index contributed by atoms with van der Waals surface area (Å²) in [6.07, 6.45) is -3.56. The second-order valence-corrected chi connectivity index (χ2v) is 6.43. The molecule has 0 spiro atoms. The molecule has 1 saturated carbocycles. The smallest absolute Gasteiger partial charge is 0.299 e. The van der Waals surface area contributed by atoms with Gasteiger partial charge in [-0.15, -0.1) is 0 Å². The molecule has 1 aliphatic rings. The largest absolute Gasteiger partial charge is 0.391 e. The molecule has 0 unspecified atom stereocenters. The minimum atomic E-state index is -4.17. The number of rotatable bonds is 3. The zero-order valence-electron chi connectivity index (χ0n) is 11.2. The van der Waals surface area contributed by atoms with E-state index in [4.69, 9.17) is 0 Å². The van der Waals surface area contributed by atoms with Crippen LogP contribution >= 0.6 is 15.9 Å². The van der Waals surface area contributed by atoms with Gasteiger partial charge in [-0.05, 0) is 49.4 Å². The van der Waals surface area contributed by atoms with E-state index in [0.717, 1.165) is 0 Å². The molecule has 1 aliphatic carbocycles. The molecule has 1 fully saturated rings. The third-order valence-corrected chi connectivity index (χ3v) is 4.40. The molecule has 1 nitrogen and oxygen atoms in total. The maximum Gasteiger partial charge on any atom is 0.391 e. The van der Waals surface area contributed by atoms with Crippen LogP contribution in [0.2, 0.25) is 0 Å². The van der Waals surface area contributed by atoms with E-state index < -0.39 is 17.9 Å². The summed E-state index contributed by atoms with van der Waals surface area (Å²) < 4.78 is 51.5. The molecule has 0 radical (unpaired) electrons. The van der Waals surface area contributed by atoms with Crippen molar-refractivity contribution in [2.75, 3.05) is 0 Å². The first kappa shape index (κ1) is 16.5. The normalized spacial score (nSPS) is 23.1. The highest BCUT2D eigenvalue weighted by Gasteiger charge is 2.42. The van der Waals surface area contributed by atoms with E-state index in [9.17, 15) is 22.4 Å². The Bertz CT molecular complexity index is 499. The van der Waals surface area contributed by atoms with Crippen LogP contribution in [0.3, 0.4) is 0 Å². The van der Waals surface area contributed by atoms with Crippen LogP contribution in [-0.2, 0) is 11.2 Å². The van der Waals surface area contributed by atoms with Crippen LogP contribution in [0.25, 0.3) is 0 Å². The number of carbonyl (C=O) groups is 1. The van der Waals surface area contributed by atoms with Gasteiger partial charge in [0.15, 0.2) is 0 Å². The van der Waals surface area contributed by atoms with E-state index in [1.54, 1.807) is 6.07 Å². The number of alkyl halides is 3. The van der Waals surface area contributed by atoms with Crippen molar-refractivity contribution in [1.82, 2.24) is 0 Å². The molecule has 0 atom stereocenters. The summed E-state index contributed by atoms with van der Waals surface area (Å²) in [6, 6.07) is 4.23. The van der Waals surface area contributed by atoms with Crippen molar-refractivity contribution in [2.45, 2.75) is 38.3 Å². The molecule has 0 N–H and O–H groups in total. The summed E-state index contributed by atoms with van der Waals surface area (Å²) in [5.41, 5.74) is 0.546. The van der Waals surface area contributed by atoms with Crippen LogP contribution in [-0.4, -0.2) is 12.0 Å². The van der Waals surface area contributed by atoms with Crippen molar-refractivity contribution >= 4 is 21.7 Å². The molecule has 0 saturated heterocycles. The highest BCUT2D eigenvalue weighted by molar-refractivity contribution is 9.10. The summed E-state index contributed by atoms with van der Waals surface area (Å²) in [4.78, 5) is 12.1. The van der Waals surface area contributed by atoms with E-state index in [0.29, 0.717) is 10.0 Å². The number of halogens is 5. The van der Waals surface area contributed by atoms with Gasteiger partial charge in [-0.3, -0.25) is 4.79 Å². The zero-order chi connectivity index (χ0) is 15.6. The monoisotopic (exact) mass is 366 g/mol. The van der Waals surface area contributed by atoms with E-state index in [-0.39, 0.29) is 43.8 Å². The molecule has 21 heavy (non-hydrogen) atoms. The first-order valence-electron chi connectivity index (χ1n) is 6.80. The summed E-state index contributed by atoms with van der Waals surface area (Å²) >= 11 is 3.15. The van der Waals surface area contributed by atoms with Gasteiger partial charge in [-0.25, -0.2) is 4.39 Å². The summed E-state index contributed by atoms with van der Waals surface area (Å²) in [5.74, 6) is -2.17. The average molecular weight is 367 g/mol. The first-order valence-corrected chi connectivity index (χ1v) is 7.59. The molecule has 0 aliphatic heterocycles. The number of hydrogen-bond donors (Lipinski definition) is 0. The van der Waals surface area contributed by atoms with E-state index >= 15 is 0 Å². The molecule has 0 heterocycles. The third-order valence-electron chi connectivity index (χ3n) is 3.95. The lowest BCUT2D eigenvalue weighted by Gasteiger charge is -2.29. The summed E-state index contributed by atoms with van der Waals surface area (Å²) in [7, 11) is 0. The predicted molar refractivity (Wildman–Crippen MR) is 74.3 cm³/mol. The highest BCUT2D eigenvalue weighted by atomic mass is 79.9. The average Bonchev–Trinajstić information content (AvgIpc) is 2.36. The van der Waals surface area contributed by atoms with Gasteiger partial charge in [0, 0.05) is 16.8 Å². The van der Waals surface area contributed by atoms with Crippen molar-refractivity contribution in [1.29, 1.82) is 0 Å². The van der Waals surface area contributed by atoms with Crippen LogP contribution in [0, 0.1) is 17.7 Å². The molecule has 2 rings (SSSR count). The number of ketones is 1. The minimum Gasteiger partial charge on any atom is -0.299 e. The Labute approximate surface area is 128 Å². The van der Waals surface area contributed by atoms with Crippen LogP contribution in [0.1, 0.15) is 31.2 Å². The van der Waals surface area contributed by atoms with E-state index in [1.165, 1.54) is 12.1 Å². The summed E-state index contributed by atoms with van der Waals surface area (Å²) in [6.45, 7) is 0. The molecular formula is C15H15BrF4O. The van der Waals surface area contributed by atoms with Gasteiger partial charge in [0.1, 0.15) is 11.6 Å². The SMILES string of the molecule is O=C(Cc1cc(F)cc(Br)c1)C1CCC(C(F)(F)F)CC1. The lowest BCUT2D eigenvalue weighted by molar-refractivity contribution is -0.184. The van der Waals surface area contributed by atoms with Gasteiger partial charge in [0.25, 0.3) is 0 Å². The van der Waals surface area contributed by atoms with Crippen molar-refractivity contribution in [2.24, 2.45) is 11.8 Å². The van der Waals surface area contributed by atoms with E-state index in [2.05, 4.69) is 15.9 Å². The van der Waals surface area contributed by atoms with Crippen LogP contribution in [0.5, 0.6) is 0 Å². The minimum absolute atomic E-state index is 0.00670. The second-order valence-electron chi connectivity index (χ2n) is 5.51. The second kappa shape index (κ2) is 6.46. The van der Waals surface area contributed by atoms with Crippen molar-refractivity contribution < 1.29 is 22.4 Å². The third kappa shape index (κ3) is 4.53. The van der Waals surface area contributed by atoms with Gasteiger partial charge in [-0.2, -0.15) is 13.2 Å². The Hall–Kier alpha value is -0.910. The Morgan fingerprint density at radius 2 is 1.76 bits per heavy atom. The zero-order valence-corrected chi connectivity index (χ0v) is 12.8. The lowest BCUT2D eigenvalue weighted by atomic mass is 9.78. The molecule has 0 bridgehead atoms. The predicted octanol–water partition coefficient (Wildman–Crippen LogP) is 5.07. The van der Waals surface area contributed by atoms with Crippen LogP contribution < -0.4 is 0 Å². The van der Waals surface area contributed by atoms with Crippen molar-refractivity contribution in [3.63, 3.8) is 0 Å². The maximum absolute atomic E-state index is 13.2. The molecule has 116 valence electrons. The Kier molecular flexibility index (Phi) is 5.07.